The molecule has 5 rings (SSSR count). The second-order valence-corrected chi connectivity index (χ2v) is 10.8. The van der Waals surface area contributed by atoms with E-state index in [-0.39, 0.29) is 33.8 Å². The number of nitrogen functional groups attached to an aromatic ring is 1. The average molecular weight is 576 g/mol. The Morgan fingerprint density at radius 2 is 2.08 bits per heavy atom. The van der Waals surface area contributed by atoms with Crippen molar-refractivity contribution < 1.29 is 29.4 Å². The number of rotatable bonds is 8. The van der Waals surface area contributed by atoms with Crippen LogP contribution >= 0.6 is 34.9 Å². The normalized spacial score (nSPS) is 19.3. The smallest absolute Gasteiger partial charge is 0.375 e. The number of β-lactam (4-membered cyclic amide) rings is 1. The SMILES string of the molecule is CN=C(C(=O)N[C@@H]1C(=O)N2C(C(=O)O)=C(CSc3ccnc4nc(C(=O)O)nn34)CS[C@H]12)c1csc(N)n1. The number of carbonyl (C=O) groups excluding carboxylic acids is 2. The molecule has 0 unspecified atom stereocenters. The van der Waals surface area contributed by atoms with Gasteiger partial charge in [0.2, 0.25) is 0 Å². The van der Waals surface area contributed by atoms with Crippen molar-refractivity contribution in [3.05, 3.63) is 40.4 Å². The Bertz CT molecular complexity index is 1560. The molecular weight excluding hydrogens is 558 g/mol. The molecular formula is C20H17N9O6S3. The number of thiazole rings is 1. The maximum atomic E-state index is 13.0. The van der Waals surface area contributed by atoms with Crippen LogP contribution in [0.5, 0.6) is 0 Å². The van der Waals surface area contributed by atoms with E-state index in [1.807, 2.05) is 0 Å². The molecule has 0 saturated carbocycles. The summed E-state index contributed by atoms with van der Waals surface area (Å²) in [6.07, 6.45) is 1.44. The number of anilines is 1. The van der Waals surface area contributed by atoms with Gasteiger partial charge < -0.3 is 21.3 Å². The number of nitrogens with one attached hydrogen (secondary N) is 1. The molecule has 2 amide bonds. The van der Waals surface area contributed by atoms with Crippen LogP contribution in [-0.4, -0.2) is 99.1 Å². The quantitative estimate of drug-likeness (QED) is 0.119. The summed E-state index contributed by atoms with van der Waals surface area (Å²) in [6.45, 7) is 0. The van der Waals surface area contributed by atoms with Crippen molar-refractivity contribution in [3.8, 4) is 0 Å². The molecule has 0 radical (unpaired) electrons. The van der Waals surface area contributed by atoms with E-state index in [0.29, 0.717) is 16.4 Å². The maximum Gasteiger partial charge on any atom is 0.375 e. The molecule has 3 aromatic rings. The van der Waals surface area contributed by atoms with E-state index in [1.165, 1.54) is 46.2 Å². The highest BCUT2D eigenvalue weighted by atomic mass is 32.2. The Morgan fingerprint density at radius 3 is 2.74 bits per heavy atom. The maximum absolute atomic E-state index is 13.0. The molecule has 2 aliphatic heterocycles. The van der Waals surface area contributed by atoms with Gasteiger partial charge in [0.25, 0.3) is 23.4 Å². The standard InChI is InChI=1S/C20H17N9O6S3/c1-22-10(8-6-38-19(21)24-8)14(30)25-11-15(31)28-12(17(32)33)7(5-37-16(11)28)4-36-9-2-3-23-20-26-13(18(34)35)27-29(9)20/h2-3,6,11,16H,4-5H2,1H3,(H2,21,24)(H,25,30)(H,32,33)(H,34,35)/t11-,16-/m1/s1. The fraction of sp³-hybridized carbons (Fsp3) is 0.250. The van der Waals surface area contributed by atoms with Crippen molar-refractivity contribution in [2.45, 2.75) is 16.4 Å². The van der Waals surface area contributed by atoms with Gasteiger partial charge >= 0.3 is 11.9 Å². The molecule has 196 valence electrons. The number of hydrogen-bond donors (Lipinski definition) is 4. The number of carbonyl (C=O) groups is 4. The number of aliphatic imine (C=N–C) groups is 1. The number of fused-ring (bicyclic) bond motifs is 2. The number of nitrogens with two attached hydrogens (primary N) is 1. The highest BCUT2D eigenvalue weighted by Crippen LogP contribution is 2.41. The Morgan fingerprint density at radius 1 is 1.29 bits per heavy atom. The van der Waals surface area contributed by atoms with Gasteiger partial charge in [0, 0.05) is 30.1 Å². The van der Waals surface area contributed by atoms with Gasteiger partial charge in [0.15, 0.2) is 5.13 Å². The van der Waals surface area contributed by atoms with Crippen molar-refractivity contribution in [2.24, 2.45) is 4.99 Å². The van der Waals surface area contributed by atoms with Gasteiger partial charge in [-0.2, -0.15) is 9.50 Å². The van der Waals surface area contributed by atoms with Gasteiger partial charge in [-0.05, 0) is 11.6 Å². The third kappa shape index (κ3) is 4.45. The zero-order valence-electron chi connectivity index (χ0n) is 19.3. The van der Waals surface area contributed by atoms with Crippen LogP contribution in [0.4, 0.5) is 5.13 Å². The first-order valence-electron chi connectivity index (χ1n) is 10.7. The lowest BCUT2D eigenvalue weighted by Gasteiger charge is -2.49. The van der Waals surface area contributed by atoms with Gasteiger partial charge in [-0.1, -0.05) is 0 Å². The van der Waals surface area contributed by atoms with Crippen LogP contribution in [0.1, 0.15) is 16.3 Å². The second-order valence-electron chi connectivity index (χ2n) is 7.79. The molecule has 0 aliphatic carbocycles. The Balaban J connectivity index is 1.33. The van der Waals surface area contributed by atoms with Crippen LogP contribution in [-0.2, 0) is 14.4 Å². The summed E-state index contributed by atoms with van der Waals surface area (Å²) in [5.41, 5.74) is 6.27. The number of aliphatic carboxylic acids is 1. The van der Waals surface area contributed by atoms with Crippen molar-refractivity contribution in [3.63, 3.8) is 0 Å². The minimum Gasteiger partial charge on any atom is -0.477 e. The van der Waals surface area contributed by atoms with Gasteiger partial charge in [0.1, 0.15) is 33.5 Å². The van der Waals surface area contributed by atoms with E-state index < -0.39 is 41.0 Å². The summed E-state index contributed by atoms with van der Waals surface area (Å²) in [5, 5.41) is 27.4. The Labute approximate surface area is 225 Å². The van der Waals surface area contributed by atoms with E-state index in [2.05, 4.69) is 30.4 Å². The number of thioether (sulfide) groups is 2. The molecule has 18 heteroatoms. The Hall–Kier alpha value is -4.03. The summed E-state index contributed by atoms with van der Waals surface area (Å²) >= 11 is 3.67. The highest BCUT2D eigenvalue weighted by molar-refractivity contribution is 8.01. The first kappa shape index (κ1) is 25.6. The summed E-state index contributed by atoms with van der Waals surface area (Å²) in [4.78, 5) is 66.2. The van der Waals surface area contributed by atoms with Gasteiger partial charge in [0.05, 0.1) is 0 Å². The predicted molar refractivity (Wildman–Crippen MR) is 137 cm³/mol. The van der Waals surface area contributed by atoms with Gasteiger partial charge in [-0.25, -0.2) is 19.6 Å². The molecule has 0 aromatic carbocycles. The second kappa shape index (κ2) is 10.0. The van der Waals surface area contributed by atoms with E-state index >= 15 is 0 Å². The molecule has 5 heterocycles. The molecule has 0 bridgehead atoms. The number of carboxylic acids is 2. The average Bonchev–Trinajstić information content (AvgIpc) is 3.52. The van der Waals surface area contributed by atoms with E-state index in [4.69, 9.17) is 10.8 Å². The third-order valence-corrected chi connectivity index (χ3v) is 8.64. The molecule has 3 aromatic heterocycles. The van der Waals surface area contributed by atoms with Gasteiger partial charge in [-0.15, -0.1) is 40.0 Å². The Kier molecular flexibility index (Phi) is 6.76. The summed E-state index contributed by atoms with van der Waals surface area (Å²) in [6, 6.07) is 0.661. The van der Waals surface area contributed by atoms with E-state index in [0.717, 1.165) is 11.3 Å². The van der Waals surface area contributed by atoms with Crippen LogP contribution < -0.4 is 11.1 Å². The lowest BCUT2D eigenvalue weighted by Crippen LogP contribution is -2.71. The molecule has 2 atom stereocenters. The summed E-state index contributed by atoms with van der Waals surface area (Å²) < 4.78 is 1.26. The zero-order chi connectivity index (χ0) is 27.1. The molecule has 1 fully saturated rings. The minimum atomic E-state index is -1.30. The molecule has 2 aliphatic rings. The molecule has 0 spiro atoms. The molecule has 5 N–H and O–H groups in total. The van der Waals surface area contributed by atoms with Gasteiger partial charge in [-0.3, -0.25) is 19.5 Å². The lowest BCUT2D eigenvalue weighted by atomic mass is 10.0. The number of amides is 2. The fourth-order valence-electron chi connectivity index (χ4n) is 3.87. The summed E-state index contributed by atoms with van der Waals surface area (Å²) in [5.74, 6) is -3.60. The van der Waals surface area contributed by atoms with Crippen molar-refractivity contribution >= 4 is 75.2 Å². The van der Waals surface area contributed by atoms with Crippen LogP contribution in [0.2, 0.25) is 0 Å². The largest absolute Gasteiger partial charge is 0.477 e. The van der Waals surface area contributed by atoms with Crippen molar-refractivity contribution in [2.75, 3.05) is 24.3 Å². The number of aromatic carboxylic acids is 1. The van der Waals surface area contributed by atoms with E-state index in [1.54, 1.807) is 11.4 Å². The predicted octanol–water partition coefficient (Wildman–Crippen LogP) is -0.189. The monoisotopic (exact) mass is 575 g/mol. The summed E-state index contributed by atoms with van der Waals surface area (Å²) in [7, 11) is 1.42. The zero-order valence-corrected chi connectivity index (χ0v) is 21.7. The highest BCUT2D eigenvalue weighted by Gasteiger charge is 2.54. The van der Waals surface area contributed by atoms with Crippen LogP contribution in [0.25, 0.3) is 5.78 Å². The molecule has 1 saturated heterocycles. The third-order valence-electron chi connectivity index (χ3n) is 5.53. The van der Waals surface area contributed by atoms with Crippen LogP contribution in [0.3, 0.4) is 0 Å². The van der Waals surface area contributed by atoms with Crippen molar-refractivity contribution in [1.29, 1.82) is 0 Å². The first-order chi connectivity index (χ1) is 18.2. The van der Waals surface area contributed by atoms with E-state index in [9.17, 15) is 24.3 Å². The van der Waals surface area contributed by atoms with Crippen molar-refractivity contribution in [1.82, 2.24) is 34.8 Å². The topological polar surface area (TPSA) is 218 Å². The van der Waals surface area contributed by atoms with Crippen LogP contribution in [0.15, 0.2) is 38.9 Å². The number of aromatic nitrogens is 5. The molecule has 15 nitrogen and oxygen atoms in total. The first-order valence-corrected chi connectivity index (χ1v) is 13.6. The number of hydrogen-bond acceptors (Lipinski definition) is 13. The fourth-order valence-corrected chi connectivity index (χ4v) is 6.85. The number of carboxylic acid groups (broad SMARTS) is 2. The minimum absolute atomic E-state index is 0.0129. The molecule has 38 heavy (non-hydrogen) atoms. The lowest BCUT2D eigenvalue weighted by molar-refractivity contribution is -0.150. The number of nitrogens with zero attached hydrogens (tertiary/aromatic N) is 7. The van der Waals surface area contributed by atoms with Crippen LogP contribution in [0, 0.1) is 0 Å².